The lowest BCUT2D eigenvalue weighted by Gasteiger charge is -2.25. The fourth-order valence-electron chi connectivity index (χ4n) is 5.63. The van der Waals surface area contributed by atoms with E-state index in [1.54, 1.807) is 0 Å². The molecule has 0 atom stereocenters. The van der Waals surface area contributed by atoms with E-state index in [0.717, 1.165) is 12.8 Å². The average Bonchev–Trinajstić information content (AvgIpc) is 2.98. The number of hydrogen-bond donors (Lipinski definition) is 0. The van der Waals surface area contributed by atoms with E-state index in [1.807, 2.05) is 24.3 Å². The Balaban J connectivity index is 0.00000588. The van der Waals surface area contributed by atoms with Crippen molar-refractivity contribution in [3.05, 3.63) is 59.7 Å². The maximum absolute atomic E-state index is 12.8. The van der Waals surface area contributed by atoms with Crippen LogP contribution in [0.3, 0.4) is 0 Å². The molecule has 1 aliphatic rings. The van der Waals surface area contributed by atoms with Crippen molar-refractivity contribution in [3.63, 3.8) is 0 Å². The topological polar surface area (TPSA) is 52.6 Å². The van der Waals surface area contributed by atoms with Gasteiger partial charge in [-0.2, -0.15) is 0 Å². The van der Waals surface area contributed by atoms with Crippen LogP contribution in [-0.2, 0) is 22.4 Å². The standard InChI is InChI=1S/C36H52O4.H2/c1-3-5-7-9-11-13-15-29-17-25-33(26-18-29)39-35(37)31-21-23-32(24-22-31)36(38)40-34-27-19-30(20-28-34)16-14-12-10-8-6-4-2;/h17-20,25-28,31-32H,3-16,21-24H2,1-2H3;1H. The second-order valence-corrected chi connectivity index (χ2v) is 11.7. The molecule has 1 fully saturated rings. The van der Waals surface area contributed by atoms with Crippen LogP contribution in [0.4, 0.5) is 0 Å². The highest BCUT2D eigenvalue weighted by Gasteiger charge is 2.32. The van der Waals surface area contributed by atoms with Crippen LogP contribution in [-0.4, -0.2) is 11.9 Å². The fraction of sp³-hybridized carbons (Fsp3) is 0.611. The average molecular weight is 551 g/mol. The van der Waals surface area contributed by atoms with Gasteiger partial charge < -0.3 is 9.47 Å². The molecule has 0 amide bonds. The Morgan fingerprint density at radius 2 is 0.875 bits per heavy atom. The predicted molar refractivity (Wildman–Crippen MR) is 166 cm³/mol. The minimum absolute atomic E-state index is 0. The van der Waals surface area contributed by atoms with Crippen LogP contribution in [0.25, 0.3) is 0 Å². The SMILES string of the molecule is CCCCCCCCc1ccc(OC(=O)C2CCC(C(=O)Oc3ccc(CCCCCCCC)cc3)CC2)cc1.[HH]. The van der Waals surface area contributed by atoms with E-state index >= 15 is 0 Å². The second kappa shape index (κ2) is 18.7. The van der Waals surface area contributed by atoms with Gasteiger partial charge in [-0.25, -0.2) is 0 Å². The van der Waals surface area contributed by atoms with E-state index in [0.29, 0.717) is 37.2 Å². The maximum atomic E-state index is 12.8. The highest BCUT2D eigenvalue weighted by atomic mass is 16.5. The van der Waals surface area contributed by atoms with Crippen molar-refractivity contribution < 1.29 is 20.5 Å². The third-order valence-electron chi connectivity index (χ3n) is 8.32. The van der Waals surface area contributed by atoms with Crippen molar-refractivity contribution >= 4 is 11.9 Å². The van der Waals surface area contributed by atoms with Gasteiger partial charge in [0.15, 0.2) is 0 Å². The number of aryl methyl sites for hydroxylation is 2. The molecule has 4 heteroatoms. The van der Waals surface area contributed by atoms with Crippen LogP contribution in [0.2, 0.25) is 0 Å². The summed E-state index contributed by atoms with van der Waals surface area (Å²) in [6.45, 7) is 4.49. The van der Waals surface area contributed by atoms with Crippen molar-refractivity contribution in [2.75, 3.05) is 0 Å². The summed E-state index contributed by atoms with van der Waals surface area (Å²) in [6.07, 6.45) is 20.3. The van der Waals surface area contributed by atoms with Gasteiger partial charge in [-0.1, -0.05) is 102 Å². The first kappa shape index (κ1) is 31.9. The van der Waals surface area contributed by atoms with Gasteiger partial charge in [0.2, 0.25) is 0 Å². The van der Waals surface area contributed by atoms with Gasteiger partial charge in [0.05, 0.1) is 11.8 Å². The fourth-order valence-corrected chi connectivity index (χ4v) is 5.63. The van der Waals surface area contributed by atoms with E-state index in [9.17, 15) is 9.59 Å². The van der Waals surface area contributed by atoms with E-state index in [2.05, 4.69) is 38.1 Å². The molecule has 0 N–H and O–H groups in total. The minimum atomic E-state index is -0.184. The molecule has 0 bridgehead atoms. The molecule has 222 valence electrons. The van der Waals surface area contributed by atoms with Crippen molar-refractivity contribution in [2.45, 2.75) is 129 Å². The molecule has 0 aromatic heterocycles. The molecule has 1 aliphatic carbocycles. The molecule has 4 nitrogen and oxygen atoms in total. The summed E-state index contributed by atoms with van der Waals surface area (Å²) in [5, 5.41) is 0. The zero-order valence-electron chi connectivity index (χ0n) is 25.1. The lowest BCUT2D eigenvalue weighted by Crippen LogP contribution is -2.30. The highest BCUT2D eigenvalue weighted by molar-refractivity contribution is 5.77. The number of carbonyl (C=O) groups excluding carboxylic acids is 2. The number of benzene rings is 2. The summed E-state index contributed by atoms with van der Waals surface area (Å²) in [5.74, 6) is 0.533. The van der Waals surface area contributed by atoms with Gasteiger partial charge in [0.1, 0.15) is 11.5 Å². The Morgan fingerprint density at radius 3 is 1.23 bits per heavy atom. The summed E-state index contributed by atoms with van der Waals surface area (Å²) in [4.78, 5) is 25.5. The lowest BCUT2D eigenvalue weighted by atomic mass is 9.82. The molecule has 1 saturated carbocycles. The molecule has 0 radical (unpaired) electrons. The van der Waals surface area contributed by atoms with E-state index in [-0.39, 0.29) is 25.2 Å². The predicted octanol–water partition coefficient (Wildman–Crippen LogP) is 10.1. The molecular weight excluding hydrogens is 496 g/mol. The van der Waals surface area contributed by atoms with Crippen LogP contribution in [0.1, 0.15) is 129 Å². The highest BCUT2D eigenvalue weighted by Crippen LogP contribution is 2.31. The Bertz CT molecular complexity index is 896. The van der Waals surface area contributed by atoms with Gasteiger partial charge in [0.25, 0.3) is 0 Å². The summed E-state index contributed by atoms with van der Waals surface area (Å²) < 4.78 is 11.4. The first-order chi connectivity index (χ1) is 19.6. The number of ether oxygens (including phenoxy) is 2. The number of rotatable bonds is 18. The van der Waals surface area contributed by atoms with Crippen LogP contribution < -0.4 is 9.47 Å². The monoisotopic (exact) mass is 550 g/mol. The van der Waals surface area contributed by atoms with Crippen LogP contribution in [0, 0.1) is 11.8 Å². The van der Waals surface area contributed by atoms with Crippen LogP contribution in [0.5, 0.6) is 11.5 Å². The zero-order chi connectivity index (χ0) is 28.4. The van der Waals surface area contributed by atoms with Crippen molar-refractivity contribution in [3.8, 4) is 11.5 Å². The second-order valence-electron chi connectivity index (χ2n) is 11.7. The summed E-state index contributed by atoms with van der Waals surface area (Å²) in [6, 6.07) is 15.9. The smallest absolute Gasteiger partial charge is 0.314 e. The van der Waals surface area contributed by atoms with Gasteiger partial charge in [-0.05, 0) is 86.8 Å². The van der Waals surface area contributed by atoms with Gasteiger partial charge >= 0.3 is 11.9 Å². The van der Waals surface area contributed by atoms with Crippen LogP contribution in [0.15, 0.2) is 48.5 Å². The van der Waals surface area contributed by atoms with E-state index < -0.39 is 0 Å². The first-order valence-corrected chi connectivity index (χ1v) is 16.2. The lowest BCUT2D eigenvalue weighted by molar-refractivity contribution is -0.145. The maximum Gasteiger partial charge on any atom is 0.314 e. The van der Waals surface area contributed by atoms with Gasteiger partial charge in [-0.15, -0.1) is 0 Å². The number of hydrogen-bond acceptors (Lipinski definition) is 4. The minimum Gasteiger partial charge on any atom is -0.426 e. The Morgan fingerprint density at radius 1 is 0.550 bits per heavy atom. The molecule has 2 aromatic rings. The number of carbonyl (C=O) groups is 2. The van der Waals surface area contributed by atoms with E-state index in [4.69, 9.17) is 9.47 Å². The molecule has 3 rings (SSSR count). The summed E-state index contributed by atoms with van der Waals surface area (Å²) in [7, 11) is 0. The molecule has 2 aromatic carbocycles. The quantitative estimate of drug-likeness (QED) is 0.105. The normalized spacial score (nSPS) is 16.9. The Labute approximate surface area is 244 Å². The molecule has 0 saturated heterocycles. The summed E-state index contributed by atoms with van der Waals surface area (Å²) in [5.41, 5.74) is 2.59. The largest absolute Gasteiger partial charge is 0.426 e. The third-order valence-corrected chi connectivity index (χ3v) is 8.32. The summed E-state index contributed by atoms with van der Waals surface area (Å²) >= 11 is 0. The molecule has 0 unspecified atom stereocenters. The number of esters is 2. The number of unbranched alkanes of at least 4 members (excludes halogenated alkanes) is 10. The molecule has 40 heavy (non-hydrogen) atoms. The third kappa shape index (κ3) is 11.9. The van der Waals surface area contributed by atoms with Crippen molar-refractivity contribution in [1.29, 1.82) is 0 Å². The van der Waals surface area contributed by atoms with Crippen molar-refractivity contribution in [1.82, 2.24) is 0 Å². The molecular formula is C36H54O4. The molecule has 0 spiro atoms. The molecule has 0 aliphatic heterocycles. The Kier molecular flexibility index (Phi) is 14.9. The van der Waals surface area contributed by atoms with Crippen LogP contribution >= 0.6 is 0 Å². The van der Waals surface area contributed by atoms with Gasteiger partial charge in [0, 0.05) is 1.43 Å². The van der Waals surface area contributed by atoms with E-state index in [1.165, 1.54) is 88.2 Å². The molecule has 0 heterocycles. The first-order valence-electron chi connectivity index (χ1n) is 16.2. The Hall–Kier alpha value is -2.62. The van der Waals surface area contributed by atoms with Crippen molar-refractivity contribution in [2.24, 2.45) is 11.8 Å². The van der Waals surface area contributed by atoms with Gasteiger partial charge in [-0.3, -0.25) is 9.59 Å². The zero-order valence-corrected chi connectivity index (χ0v) is 25.1.